The van der Waals surface area contributed by atoms with Gasteiger partial charge in [0.15, 0.2) is 0 Å². The maximum atomic E-state index is 9.90. The number of allylic oxidation sites excluding steroid dienone is 1. The Morgan fingerprint density at radius 2 is 1.85 bits per heavy atom. The topological polar surface area (TPSA) is 100 Å². The molecule has 0 saturated carbocycles. The highest BCUT2D eigenvalue weighted by Gasteiger charge is 2.32. The van der Waals surface area contributed by atoms with Crippen LogP contribution in [0.1, 0.15) is 11.5 Å². The first-order valence-corrected chi connectivity index (χ1v) is 8.61. The van der Waals surface area contributed by atoms with Crippen LogP contribution in [-0.2, 0) is 0 Å². The van der Waals surface area contributed by atoms with Crippen LogP contribution in [0.4, 0.5) is 5.69 Å². The molecule has 5 N–H and O–H groups in total. The maximum absolute atomic E-state index is 9.90. The molecule has 6 heteroatoms. The third-order valence-corrected chi connectivity index (χ3v) is 4.60. The van der Waals surface area contributed by atoms with Crippen molar-refractivity contribution >= 4 is 23.1 Å². The molecule has 1 atom stereocenters. The largest absolute Gasteiger partial charge is 0.404 e. The molecular formula is C21H18ClN5. The summed E-state index contributed by atoms with van der Waals surface area (Å²) in [6, 6.07) is 19.0. The molecule has 134 valence electrons. The highest BCUT2D eigenvalue weighted by molar-refractivity contribution is 6.31. The summed E-state index contributed by atoms with van der Waals surface area (Å²) in [5, 5.41) is 13.6. The van der Waals surface area contributed by atoms with Gasteiger partial charge in [-0.2, -0.15) is 5.26 Å². The van der Waals surface area contributed by atoms with Crippen molar-refractivity contribution in [2.45, 2.75) is 5.92 Å². The number of nitrogens with two attached hydrogens (primary N) is 2. The summed E-state index contributed by atoms with van der Waals surface area (Å²) < 4.78 is 0. The van der Waals surface area contributed by atoms with Gasteiger partial charge >= 0.3 is 0 Å². The first-order valence-electron chi connectivity index (χ1n) is 8.23. The first kappa shape index (κ1) is 18.3. The van der Waals surface area contributed by atoms with Crippen molar-refractivity contribution in [2.75, 3.05) is 5.32 Å². The molecular weight excluding hydrogens is 358 g/mol. The summed E-state index contributed by atoms with van der Waals surface area (Å²) >= 11 is 6.39. The fourth-order valence-corrected chi connectivity index (χ4v) is 3.25. The first-order chi connectivity index (χ1) is 13.1. The van der Waals surface area contributed by atoms with Gasteiger partial charge < -0.3 is 16.8 Å². The smallest absolute Gasteiger partial charge is 0.129 e. The molecule has 0 aromatic heterocycles. The number of benzene rings is 2. The quantitative estimate of drug-likeness (QED) is 0.750. The molecule has 0 fully saturated rings. The summed E-state index contributed by atoms with van der Waals surface area (Å²) in [5.74, 6) is -0.289. The Morgan fingerprint density at radius 3 is 2.48 bits per heavy atom. The van der Waals surface area contributed by atoms with Gasteiger partial charge in [-0.05, 0) is 23.8 Å². The van der Waals surface area contributed by atoms with E-state index in [1.165, 1.54) is 6.20 Å². The number of para-hydroxylation sites is 1. The molecule has 0 amide bonds. The van der Waals surface area contributed by atoms with E-state index in [0.717, 1.165) is 11.3 Å². The van der Waals surface area contributed by atoms with Crippen molar-refractivity contribution in [1.82, 2.24) is 0 Å². The van der Waals surface area contributed by atoms with Gasteiger partial charge in [0.05, 0.1) is 23.3 Å². The van der Waals surface area contributed by atoms with Gasteiger partial charge in [0.1, 0.15) is 11.5 Å². The minimum atomic E-state index is -0.518. The fourth-order valence-electron chi connectivity index (χ4n) is 3.00. The lowest BCUT2D eigenvalue weighted by molar-refractivity contribution is 0.938. The zero-order valence-electron chi connectivity index (χ0n) is 14.5. The van der Waals surface area contributed by atoms with Gasteiger partial charge in [-0.15, -0.1) is 0 Å². The van der Waals surface area contributed by atoms with E-state index >= 15 is 0 Å². The highest BCUT2D eigenvalue weighted by Crippen LogP contribution is 2.41. The molecule has 27 heavy (non-hydrogen) atoms. The van der Waals surface area contributed by atoms with Crippen molar-refractivity contribution in [1.29, 1.82) is 5.26 Å². The van der Waals surface area contributed by atoms with E-state index in [0.29, 0.717) is 27.6 Å². The normalized spacial score (nSPS) is 18.0. The molecule has 1 aliphatic rings. The number of halogens is 1. The summed E-state index contributed by atoms with van der Waals surface area (Å²) in [6.45, 7) is 4.04. The Hall–Kier alpha value is -3.49. The van der Waals surface area contributed by atoms with Crippen molar-refractivity contribution in [3.63, 3.8) is 0 Å². The molecule has 0 aliphatic carbocycles. The average molecular weight is 376 g/mol. The lowest BCUT2D eigenvalue weighted by Gasteiger charge is -2.27. The standard InChI is InChI=1S/C21H18ClN5/c1-13(26-14-7-3-2-4-8-14)20-16(11-23)19(17(12-24)21(25)27-20)15-9-5-6-10-18(15)22/h2-10,12,19,26H,1,24H2,(H2,25,27)/b17-12-. The summed E-state index contributed by atoms with van der Waals surface area (Å²) in [4.78, 5) is 4.39. The Kier molecular flexibility index (Phi) is 5.30. The van der Waals surface area contributed by atoms with Crippen LogP contribution in [0.5, 0.6) is 0 Å². The van der Waals surface area contributed by atoms with Crippen molar-refractivity contribution in [2.24, 2.45) is 16.5 Å². The molecule has 1 heterocycles. The monoisotopic (exact) mass is 375 g/mol. The Balaban J connectivity index is 2.12. The number of nitrogens with zero attached hydrogens (tertiary/aromatic N) is 2. The number of nitriles is 1. The summed E-state index contributed by atoms with van der Waals surface area (Å²) in [5.41, 5.74) is 15.3. The van der Waals surface area contributed by atoms with Gasteiger partial charge in [-0.1, -0.05) is 54.6 Å². The van der Waals surface area contributed by atoms with Gasteiger partial charge in [0.2, 0.25) is 0 Å². The Bertz CT molecular complexity index is 1010. The summed E-state index contributed by atoms with van der Waals surface area (Å²) in [7, 11) is 0. The number of nitrogens with one attached hydrogen (secondary N) is 1. The van der Waals surface area contributed by atoms with Gasteiger partial charge in [-0.25, -0.2) is 4.99 Å². The molecule has 0 spiro atoms. The second-order valence-electron chi connectivity index (χ2n) is 5.92. The molecule has 1 unspecified atom stereocenters. The minimum Gasteiger partial charge on any atom is -0.404 e. The number of anilines is 1. The second-order valence-corrected chi connectivity index (χ2v) is 6.32. The molecule has 2 aromatic rings. The Labute approximate surface area is 163 Å². The van der Waals surface area contributed by atoms with E-state index in [9.17, 15) is 5.26 Å². The van der Waals surface area contributed by atoms with Gasteiger partial charge in [-0.3, -0.25) is 0 Å². The predicted octanol–water partition coefficient (Wildman–Crippen LogP) is 4.04. The molecule has 1 aliphatic heterocycles. The van der Waals surface area contributed by atoms with Crippen molar-refractivity contribution < 1.29 is 0 Å². The van der Waals surface area contributed by atoms with E-state index < -0.39 is 5.92 Å². The van der Waals surface area contributed by atoms with Crippen LogP contribution in [0.2, 0.25) is 5.02 Å². The van der Waals surface area contributed by atoms with Crippen LogP contribution in [0, 0.1) is 11.3 Å². The van der Waals surface area contributed by atoms with E-state index in [-0.39, 0.29) is 5.84 Å². The molecule has 3 rings (SSSR count). The molecule has 2 aromatic carbocycles. The van der Waals surface area contributed by atoms with Crippen molar-refractivity contribution in [3.05, 3.63) is 101 Å². The lowest BCUT2D eigenvalue weighted by atomic mass is 9.81. The number of rotatable bonds is 4. The molecule has 0 bridgehead atoms. The summed E-state index contributed by atoms with van der Waals surface area (Å²) in [6.07, 6.45) is 1.37. The van der Waals surface area contributed by atoms with Crippen LogP contribution in [0.15, 0.2) is 94.9 Å². The zero-order chi connectivity index (χ0) is 19.4. The van der Waals surface area contributed by atoms with E-state index in [1.54, 1.807) is 6.07 Å². The van der Waals surface area contributed by atoms with Crippen LogP contribution < -0.4 is 16.8 Å². The number of hydrogen-bond donors (Lipinski definition) is 3. The van der Waals surface area contributed by atoms with E-state index in [1.807, 2.05) is 48.5 Å². The predicted molar refractivity (Wildman–Crippen MR) is 110 cm³/mol. The molecule has 0 saturated heterocycles. The lowest BCUT2D eigenvalue weighted by Crippen LogP contribution is -2.27. The van der Waals surface area contributed by atoms with Gasteiger partial charge in [0, 0.05) is 22.5 Å². The molecule has 0 radical (unpaired) electrons. The molecule has 5 nitrogen and oxygen atoms in total. The second kappa shape index (κ2) is 7.81. The fraction of sp³-hybridized carbons (Fsp3) is 0.0476. The third kappa shape index (κ3) is 3.57. The van der Waals surface area contributed by atoms with Crippen LogP contribution in [0.3, 0.4) is 0 Å². The van der Waals surface area contributed by atoms with Gasteiger partial charge in [0.25, 0.3) is 0 Å². The maximum Gasteiger partial charge on any atom is 0.129 e. The highest BCUT2D eigenvalue weighted by atomic mass is 35.5. The van der Waals surface area contributed by atoms with E-state index in [4.69, 9.17) is 23.1 Å². The Morgan fingerprint density at radius 1 is 1.19 bits per heavy atom. The zero-order valence-corrected chi connectivity index (χ0v) is 15.2. The van der Waals surface area contributed by atoms with Crippen LogP contribution in [-0.4, -0.2) is 5.84 Å². The number of hydrogen-bond acceptors (Lipinski definition) is 5. The van der Waals surface area contributed by atoms with Crippen LogP contribution >= 0.6 is 11.6 Å². The van der Waals surface area contributed by atoms with Crippen molar-refractivity contribution in [3.8, 4) is 6.07 Å². The minimum absolute atomic E-state index is 0.229. The number of amidine groups is 1. The number of aliphatic imine (C=N–C) groups is 1. The third-order valence-electron chi connectivity index (χ3n) is 4.25. The van der Waals surface area contributed by atoms with E-state index in [2.05, 4.69) is 23.0 Å². The SMILES string of the molecule is C=C(Nc1ccccc1)C1=C(C#N)C(c2ccccc2Cl)/C(=C/N)C(N)=N1. The van der Waals surface area contributed by atoms with Crippen LogP contribution in [0.25, 0.3) is 0 Å². The average Bonchev–Trinajstić information content (AvgIpc) is 2.68.